The quantitative estimate of drug-likeness (QED) is 0.425. The zero-order valence-electron chi connectivity index (χ0n) is 16.0. The second-order valence-corrected chi connectivity index (χ2v) is 8.85. The molecule has 0 aliphatic carbocycles. The van der Waals surface area contributed by atoms with E-state index in [-0.39, 0.29) is 16.7 Å². The van der Waals surface area contributed by atoms with Crippen molar-refractivity contribution >= 4 is 54.3 Å². The van der Waals surface area contributed by atoms with Crippen molar-refractivity contribution in [1.82, 2.24) is 19.5 Å². The summed E-state index contributed by atoms with van der Waals surface area (Å²) in [5.41, 5.74) is 1.79. The van der Waals surface area contributed by atoms with Gasteiger partial charge in [-0.3, -0.25) is 4.72 Å². The van der Waals surface area contributed by atoms with Gasteiger partial charge in [-0.1, -0.05) is 12.1 Å². The van der Waals surface area contributed by atoms with Crippen molar-refractivity contribution in [3.05, 3.63) is 59.5 Å². The fourth-order valence-corrected chi connectivity index (χ4v) is 4.06. The van der Waals surface area contributed by atoms with Gasteiger partial charge in [0.15, 0.2) is 16.7 Å². The first-order valence-electron chi connectivity index (χ1n) is 8.74. The number of aromatic nitrogens is 4. The molecular weight excluding hydrogens is 472 g/mol. The molecule has 0 unspecified atom stereocenters. The molecule has 0 amide bonds. The highest BCUT2D eigenvalue weighted by molar-refractivity contribution is 9.10. The van der Waals surface area contributed by atoms with Crippen LogP contribution in [0.1, 0.15) is 0 Å². The number of hydrogen-bond donors (Lipinski definition) is 2. The number of imidazole rings is 1. The summed E-state index contributed by atoms with van der Waals surface area (Å²) in [4.78, 5) is 12.9. The van der Waals surface area contributed by atoms with Gasteiger partial charge in [0, 0.05) is 23.8 Å². The molecule has 0 atom stereocenters. The Labute approximate surface area is 181 Å². The molecule has 0 saturated heterocycles. The minimum absolute atomic E-state index is 0.0501. The lowest BCUT2D eigenvalue weighted by atomic mass is 10.3. The third-order valence-corrected chi connectivity index (χ3v) is 6.10. The van der Waals surface area contributed by atoms with Crippen molar-refractivity contribution in [3.8, 4) is 5.75 Å². The topological polar surface area (TPSA) is 111 Å². The van der Waals surface area contributed by atoms with Gasteiger partial charge in [-0.15, -0.1) is 0 Å². The van der Waals surface area contributed by atoms with Crippen molar-refractivity contribution < 1.29 is 13.2 Å². The van der Waals surface area contributed by atoms with Gasteiger partial charge in [0.2, 0.25) is 0 Å². The van der Waals surface area contributed by atoms with E-state index in [9.17, 15) is 8.42 Å². The molecule has 11 heteroatoms. The van der Waals surface area contributed by atoms with Gasteiger partial charge >= 0.3 is 0 Å². The standard InChI is InChI=1S/C19H17BrN6O3S/c1-26-10-17(21-11-26)30(27,28)25-19-18(22-14-5-3-4-6-15(14)23-19)24-16-9-12(29-2)7-8-13(16)20/h3-11H,1-2H3,(H,22,24)(H,23,25). The number of sulfonamides is 1. The third-order valence-electron chi connectivity index (χ3n) is 4.18. The molecule has 4 rings (SSSR count). The van der Waals surface area contributed by atoms with E-state index in [0.29, 0.717) is 22.5 Å². The number of fused-ring (bicyclic) bond motifs is 1. The number of para-hydroxylation sites is 2. The molecule has 0 aliphatic heterocycles. The minimum Gasteiger partial charge on any atom is -0.497 e. The summed E-state index contributed by atoms with van der Waals surface area (Å²) in [5.74, 6) is 0.918. The number of anilines is 3. The molecule has 30 heavy (non-hydrogen) atoms. The molecule has 9 nitrogen and oxygen atoms in total. The zero-order chi connectivity index (χ0) is 21.3. The Morgan fingerprint density at radius 3 is 2.40 bits per heavy atom. The summed E-state index contributed by atoms with van der Waals surface area (Å²) in [6.07, 6.45) is 2.82. The number of nitrogens with one attached hydrogen (secondary N) is 2. The molecule has 0 radical (unpaired) electrons. The summed E-state index contributed by atoms with van der Waals surface area (Å²) < 4.78 is 35.7. The zero-order valence-corrected chi connectivity index (χ0v) is 18.4. The monoisotopic (exact) mass is 488 g/mol. The van der Waals surface area contributed by atoms with Crippen LogP contribution >= 0.6 is 15.9 Å². The lowest BCUT2D eigenvalue weighted by Gasteiger charge is -2.14. The number of ether oxygens (including phenoxy) is 1. The molecule has 4 aromatic rings. The van der Waals surface area contributed by atoms with Crippen LogP contribution in [0.25, 0.3) is 11.0 Å². The van der Waals surface area contributed by atoms with E-state index in [0.717, 1.165) is 4.47 Å². The van der Waals surface area contributed by atoms with Gasteiger partial charge in [0.25, 0.3) is 10.0 Å². The van der Waals surface area contributed by atoms with Crippen LogP contribution in [0.2, 0.25) is 0 Å². The fourth-order valence-electron chi connectivity index (χ4n) is 2.72. The molecule has 2 heterocycles. The number of methoxy groups -OCH3 is 1. The largest absolute Gasteiger partial charge is 0.497 e. The average molecular weight is 489 g/mol. The molecular formula is C19H17BrN6O3S. The van der Waals surface area contributed by atoms with Crippen molar-refractivity contribution in [1.29, 1.82) is 0 Å². The van der Waals surface area contributed by atoms with Crippen LogP contribution < -0.4 is 14.8 Å². The molecule has 2 aromatic carbocycles. The molecule has 0 saturated carbocycles. The third kappa shape index (κ3) is 4.07. The van der Waals surface area contributed by atoms with E-state index in [1.165, 1.54) is 12.5 Å². The van der Waals surface area contributed by atoms with E-state index >= 15 is 0 Å². The van der Waals surface area contributed by atoms with Crippen molar-refractivity contribution in [2.75, 3.05) is 17.1 Å². The van der Waals surface area contributed by atoms with Crippen molar-refractivity contribution in [2.45, 2.75) is 5.03 Å². The number of halogens is 1. The minimum atomic E-state index is -3.96. The Morgan fingerprint density at radius 2 is 1.77 bits per heavy atom. The van der Waals surface area contributed by atoms with Gasteiger partial charge in [0.05, 0.1) is 30.2 Å². The number of nitrogens with zero attached hydrogens (tertiary/aromatic N) is 4. The molecule has 2 N–H and O–H groups in total. The van der Waals surface area contributed by atoms with E-state index in [2.05, 4.69) is 40.9 Å². The lowest BCUT2D eigenvalue weighted by molar-refractivity contribution is 0.415. The van der Waals surface area contributed by atoms with Crippen LogP contribution in [-0.2, 0) is 17.1 Å². The van der Waals surface area contributed by atoms with E-state index in [4.69, 9.17) is 4.74 Å². The second-order valence-electron chi connectivity index (χ2n) is 6.36. The molecule has 2 aromatic heterocycles. The van der Waals surface area contributed by atoms with Crippen molar-refractivity contribution in [3.63, 3.8) is 0 Å². The predicted molar refractivity (Wildman–Crippen MR) is 118 cm³/mol. The maximum atomic E-state index is 12.8. The second kappa shape index (κ2) is 7.92. The van der Waals surface area contributed by atoms with Crippen molar-refractivity contribution in [2.24, 2.45) is 7.05 Å². The molecule has 0 aliphatic rings. The molecule has 0 fully saturated rings. The summed E-state index contributed by atoms with van der Waals surface area (Å²) in [6.45, 7) is 0. The van der Waals surface area contributed by atoms with Crippen LogP contribution in [0.5, 0.6) is 5.75 Å². The number of hydrogen-bond acceptors (Lipinski definition) is 7. The van der Waals surface area contributed by atoms with E-state index in [1.54, 1.807) is 49.1 Å². The molecule has 0 bridgehead atoms. The Balaban J connectivity index is 1.80. The Morgan fingerprint density at radius 1 is 1.07 bits per heavy atom. The highest BCUT2D eigenvalue weighted by Crippen LogP contribution is 2.32. The highest BCUT2D eigenvalue weighted by atomic mass is 79.9. The van der Waals surface area contributed by atoms with Crippen LogP contribution in [0.15, 0.2) is 64.5 Å². The van der Waals surface area contributed by atoms with E-state index < -0.39 is 10.0 Å². The SMILES string of the molecule is COc1ccc(Br)c(Nc2nc3ccccc3nc2NS(=O)(=O)c2cn(C)cn2)c1. The van der Waals surface area contributed by atoms with Gasteiger partial charge in [-0.25, -0.2) is 15.0 Å². The fraction of sp³-hybridized carbons (Fsp3) is 0.105. The number of aryl methyl sites for hydroxylation is 1. The van der Waals surface area contributed by atoms with Crippen LogP contribution in [0.4, 0.5) is 17.3 Å². The summed E-state index contributed by atoms with van der Waals surface area (Å²) >= 11 is 3.47. The summed E-state index contributed by atoms with van der Waals surface area (Å²) in [6, 6.07) is 12.6. The summed E-state index contributed by atoms with van der Waals surface area (Å²) in [5, 5.41) is 3.02. The number of rotatable bonds is 6. The smallest absolute Gasteiger partial charge is 0.282 e. The van der Waals surface area contributed by atoms with Crippen LogP contribution in [-0.4, -0.2) is 35.0 Å². The Hall–Kier alpha value is -3.18. The highest BCUT2D eigenvalue weighted by Gasteiger charge is 2.21. The van der Waals surface area contributed by atoms with E-state index in [1.807, 2.05) is 12.1 Å². The van der Waals surface area contributed by atoms with Gasteiger partial charge in [0.1, 0.15) is 5.75 Å². The number of benzene rings is 2. The first-order chi connectivity index (χ1) is 14.4. The Kier molecular flexibility index (Phi) is 5.31. The van der Waals surface area contributed by atoms with Crippen LogP contribution in [0, 0.1) is 0 Å². The van der Waals surface area contributed by atoms with Gasteiger partial charge < -0.3 is 14.6 Å². The molecule has 154 valence electrons. The predicted octanol–water partition coefficient (Wildman–Crippen LogP) is 3.68. The molecule has 0 spiro atoms. The first-order valence-corrected chi connectivity index (χ1v) is 11.0. The van der Waals surface area contributed by atoms with Crippen LogP contribution in [0.3, 0.4) is 0 Å². The maximum absolute atomic E-state index is 12.8. The van der Waals surface area contributed by atoms with Gasteiger partial charge in [-0.05, 0) is 40.2 Å². The normalized spacial score (nSPS) is 11.4. The first kappa shape index (κ1) is 20.1. The lowest BCUT2D eigenvalue weighted by Crippen LogP contribution is -2.16. The average Bonchev–Trinajstić information content (AvgIpc) is 3.17. The summed E-state index contributed by atoms with van der Waals surface area (Å²) in [7, 11) is -0.705. The van der Waals surface area contributed by atoms with Gasteiger partial charge in [-0.2, -0.15) is 8.42 Å². The maximum Gasteiger partial charge on any atom is 0.282 e. The Bertz CT molecular complexity index is 1340.